The van der Waals surface area contributed by atoms with E-state index in [-0.39, 0.29) is 0 Å². The second-order valence-electron chi connectivity index (χ2n) is 5.28. The first-order valence-electron chi connectivity index (χ1n) is 6.48. The molecule has 0 radical (unpaired) electrons. The van der Waals surface area contributed by atoms with Crippen LogP contribution in [0.25, 0.3) is 0 Å². The molecule has 0 heterocycles. The number of rotatable bonds is 2. The number of benzene rings is 2. The van der Waals surface area contributed by atoms with Crippen LogP contribution in [0.3, 0.4) is 0 Å². The summed E-state index contributed by atoms with van der Waals surface area (Å²) in [6.45, 7) is 8.74. The molecule has 0 aliphatic heterocycles. The van der Waals surface area contributed by atoms with Crippen LogP contribution in [-0.4, -0.2) is 20.3 Å². The SMILES string of the molecule is Cc1cc(C)[c]([Tl]([Br])[c]2cc(Br)c(C)cc2C)cc1Br. The zero-order valence-electron chi connectivity index (χ0n) is 12.0. The summed E-state index contributed by atoms with van der Waals surface area (Å²) in [6.07, 6.45) is 0. The van der Waals surface area contributed by atoms with Gasteiger partial charge in [0.05, 0.1) is 0 Å². The molecule has 0 aliphatic rings. The van der Waals surface area contributed by atoms with Gasteiger partial charge < -0.3 is 0 Å². The standard InChI is InChI=1S/2C8H8Br.BrH.Tl/c2*1-6-3-4-8(9)7(2)5-6;;/h2*4-5H,1-2H3;1H;/q;;;+1/p-1. The van der Waals surface area contributed by atoms with Crippen LogP contribution < -0.4 is 6.25 Å². The van der Waals surface area contributed by atoms with E-state index in [1.165, 1.54) is 37.4 Å². The molecule has 2 aromatic rings. The van der Waals surface area contributed by atoms with E-state index in [0.29, 0.717) is 0 Å². The first kappa shape index (κ1) is 17.2. The Labute approximate surface area is 152 Å². The molecular weight excluding hydrogens is 636 g/mol. The van der Waals surface area contributed by atoms with Gasteiger partial charge in [-0.05, 0) is 0 Å². The van der Waals surface area contributed by atoms with Crippen LogP contribution in [0.5, 0.6) is 0 Å². The first-order valence-corrected chi connectivity index (χ1v) is 22.3. The molecule has 0 fully saturated rings. The second-order valence-corrected chi connectivity index (χ2v) is 22.7. The van der Waals surface area contributed by atoms with E-state index in [4.69, 9.17) is 0 Å². The summed E-state index contributed by atoms with van der Waals surface area (Å²) in [5, 5.41) is 0. The number of hydrogen-bond donors (Lipinski definition) is 0. The Balaban J connectivity index is 2.54. The molecule has 0 unspecified atom stereocenters. The fourth-order valence-electron chi connectivity index (χ4n) is 2.40. The third kappa shape index (κ3) is 3.58. The molecule has 0 aromatic heterocycles. The molecule has 0 atom stereocenters. The van der Waals surface area contributed by atoms with Crippen LogP contribution in [0.2, 0.25) is 0 Å². The molecule has 2 rings (SSSR count). The first-order chi connectivity index (χ1) is 9.31. The molecule has 0 aliphatic carbocycles. The van der Waals surface area contributed by atoms with Crippen LogP contribution in [0, 0.1) is 27.7 Å². The molecule has 0 amide bonds. The van der Waals surface area contributed by atoms with Gasteiger partial charge in [-0.1, -0.05) is 0 Å². The molecule has 0 saturated carbocycles. The van der Waals surface area contributed by atoms with Gasteiger partial charge in [-0.15, -0.1) is 0 Å². The van der Waals surface area contributed by atoms with Crippen molar-refractivity contribution in [2.24, 2.45) is 0 Å². The monoisotopic (exact) mass is 650 g/mol. The molecular formula is C16H16Br3Tl. The Hall–Kier alpha value is 0.802. The van der Waals surface area contributed by atoms with Gasteiger partial charge >= 0.3 is 154 Å². The van der Waals surface area contributed by atoms with E-state index in [0.717, 1.165) is 0 Å². The normalized spacial score (nSPS) is 10.8. The molecule has 0 spiro atoms. The van der Waals surface area contributed by atoms with Gasteiger partial charge in [-0.2, -0.15) is 0 Å². The molecule has 4 heteroatoms. The molecule has 104 valence electrons. The van der Waals surface area contributed by atoms with E-state index < -0.39 is 20.3 Å². The van der Waals surface area contributed by atoms with Crippen molar-refractivity contribution in [1.82, 2.24) is 0 Å². The Morgan fingerprint density at radius 3 is 1.35 bits per heavy atom. The topological polar surface area (TPSA) is 0 Å². The van der Waals surface area contributed by atoms with Crippen molar-refractivity contribution < 1.29 is 0 Å². The van der Waals surface area contributed by atoms with Crippen molar-refractivity contribution in [2.45, 2.75) is 27.7 Å². The zero-order chi connectivity index (χ0) is 15.0. The van der Waals surface area contributed by atoms with Gasteiger partial charge in [0.25, 0.3) is 0 Å². The summed E-state index contributed by atoms with van der Waals surface area (Å²) in [5.41, 5.74) is 5.43. The van der Waals surface area contributed by atoms with Crippen molar-refractivity contribution in [2.75, 3.05) is 0 Å². The molecule has 0 N–H and O–H groups in total. The quantitative estimate of drug-likeness (QED) is 0.404. The van der Waals surface area contributed by atoms with Gasteiger partial charge in [-0.25, -0.2) is 0 Å². The average molecular weight is 652 g/mol. The summed E-state index contributed by atoms with van der Waals surface area (Å²) in [6, 6.07) is 9.20. The molecule has 0 nitrogen and oxygen atoms in total. The third-order valence-corrected chi connectivity index (χ3v) is 23.1. The summed E-state index contributed by atoms with van der Waals surface area (Å²) < 4.78 is 5.49. The van der Waals surface area contributed by atoms with Crippen molar-refractivity contribution in [3.63, 3.8) is 0 Å². The number of hydrogen-bond acceptors (Lipinski definition) is 0. The van der Waals surface area contributed by atoms with Crippen LogP contribution in [0.4, 0.5) is 0 Å². The van der Waals surface area contributed by atoms with E-state index in [1.807, 2.05) is 0 Å². The molecule has 2 aromatic carbocycles. The number of aryl methyl sites for hydroxylation is 4. The molecule has 0 bridgehead atoms. The number of halogens is 3. The van der Waals surface area contributed by atoms with Crippen LogP contribution >= 0.6 is 43.8 Å². The van der Waals surface area contributed by atoms with Gasteiger partial charge in [0.1, 0.15) is 0 Å². The fraction of sp³-hybridized carbons (Fsp3) is 0.250. The molecule has 0 saturated heterocycles. The summed E-state index contributed by atoms with van der Waals surface area (Å²) in [4.78, 5) is 0. The van der Waals surface area contributed by atoms with Crippen molar-refractivity contribution in [3.8, 4) is 0 Å². The van der Waals surface area contributed by atoms with Crippen LogP contribution in [0.1, 0.15) is 22.3 Å². The van der Waals surface area contributed by atoms with Crippen LogP contribution in [0.15, 0.2) is 33.2 Å². The second kappa shape index (κ2) is 6.92. The van der Waals surface area contributed by atoms with E-state index >= 15 is 0 Å². The Morgan fingerprint density at radius 1 is 0.650 bits per heavy atom. The zero-order valence-corrected chi connectivity index (χ0v) is 21.3. The minimum absolute atomic E-state index is 1.21. The maximum absolute atomic E-state index is 4.09. The Morgan fingerprint density at radius 2 is 1.00 bits per heavy atom. The molecule has 20 heavy (non-hydrogen) atoms. The van der Waals surface area contributed by atoms with Gasteiger partial charge in [-0.3, -0.25) is 0 Å². The predicted octanol–water partition coefficient (Wildman–Crippen LogP) is 4.95. The maximum atomic E-state index is 4.09. The van der Waals surface area contributed by atoms with E-state index in [2.05, 4.69) is 95.8 Å². The fourth-order valence-corrected chi connectivity index (χ4v) is 21.2. The van der Waals surface area contributed by atoms with Crippen molar-refractivity contribution >= 4 is 70.4 Å². The van der Waals surface area contributed by atoms with Gasteiger partial charge in [0.15, 0.2) is 0 Å². The van der Waals surface area contributed by atoms with Crippen molar-refractivity contribution in [3.05, 3.63) is 55.5 Å². The van der Waals surface area contributed by atoms with Crippen molar-refractivity contribution in [1.29, 1.82) is 0 Å². The van der Waals surface area contributed by atoms with Crippen LogP contribution in [-0.2, 0) is 0 Å². The Kier molecular flexibility index (Phi) is 5.94. The predicted molar refractivity (Wildman–Crippen MR) is 101 cm³/mol. The Bertz CT molecular complexity index is 608. The van der Waals surface area contributed by atoms with Gasteiger partial charge in [0, 0.05) is 0 Å². The summed E-state index contributed by atoms with van der Waals surface area (Å²) >= 11 is 9.17. The van der Waals surface area contributed by atoms with E-state index in [9.17, 15) is 0 Å². The average Bonchev–Trinajstić information content (AvgIpc) is 2.37. The minimum atomic E-state index is -2.27. The summed E-state index contributed by atoms with van der Waals surface area (Å²) in [7, 11) is 0. The summed E-state index contributed by atoms with van der Waals surface area (Å²) in [5.74, 6) is 0. The van der Waals surface area contributed by atoms with Gasteiger partial charge in [0.2, 0.25) is 0 Å². The third-order valence-electron chi connectivity index (χ3n) is 3.64. The van der Waals surface area contributed by atoms with E-state index in [1.54, 1.807) is 0 Å².